The number of aromatic nitrogens is 1. The minimum Gasteiger partial charge on any atom is -0.327 e. The Hall–Kier alpha value is -2.84. The summed E-state index contributed by atoms with van der Waals surface area (Å²) in [6.45, 7) is 2.21. The molecule has 0 atom stereocenters. The van der Waals surface area contributed by atoms with Crippen LogP contribution < -0.4 is 10.2 Å². The smallest absolute Gasteiger partial charge is 0.279 e. The molecule has 1 saturated heterocycles. The number of quaternary nitrogens is 1. The van der Waals surface area contributed by atoms with Gasteiger partial charge in [0.25, 0.3) is 11.6 Å². The van der Waals surface area contributed by atoms with Gasteiger partial charge < -0.3 is 10.2 Å². The Labute approximate surface area is 166 Å². The Bertz CT molecular complexity index is 978. The Morgan fingerprint density at radius 1 is 1.21 bits per heavy atom. The van der Waals surface area contributed by atoms with Crippen molar-refractivity contribution in [1.29, 1.82) is 0 Å². The fourth-order valence-corrected chi connectivity index (χ4v) is 4.78. The summed E-state index contributed by atoms with van der Waals surface area (Å²) in [6.07, 6.45) is 2.03. The molecule has 1 aliphatic heterocycles. The Morgan fingerprint density at radius 3 is 2.75 bits per heavy atom. The highest BCUT2D eigenvalue weighted by Gasteiger charge is 2.27. The van der Waals surface area contributed by atoms with Crippen molar-refractivity contribution in [3.63, 3.8) is 0 Å². The highest BCUT2D eigenvalue weighted by Crippen LogP contribution is 2.31. The molecular weight excluding hydrogens is 376 g/mol. The number of anilines is 1. The van der Waals surface area contributed by atoms with Gasteiger partial charge in [0.2, 0.25) is 0 Å². The summed E-state index contributed by atoms with van der Waals surface area (Å²) < 4.78 is 1.23. The van der Waals surface area contributed by atoms with Crippen LogP contribution in [0, 0.1) is 10.1 Å². The van der Waals surface area contributed by atoms with Crippen molar-refractivity contribution in [3.8, 4) is 0 Å². The number of nitrogens with zero attached hydrogens (tertiary/aromatic N) is 2. The second-order valence-corrected chi connectivity index (χ2v) is 8.14. The van der Waals surface area contributed by atoms with E-state index >= 15 is 0 Å². The van der Waals surface area contributed by atoms with E-state index in [4.69, 9.17) is 4.98 Å². The number of carbonyl (C=O) groups is 1. The lowest BCUT2D eigenvalue weighted by molar-refractivity contribution is -0.897. The molecule has 0 aliphatic carbocycles. The summed E-state index contributed by atoms with van der Waals surface area (Å²) in [5, 5.41) is 14.8. The first-order valence-corrected chi connectivity index (χ1v) is 10.1. The van der Waals surface area contributed by atoms with Gasteiger partial charge in [-0.3, -0.25) is 14.9 Å². The largest absolute Gasteiger partial charge is 0.327 e. The molecule has 8 heteroatoms. The monoisotopic (exact) mass is 397 g/mol. The number of fused-ring (bicyclic) bond motifs is 1. The molecule has 144 valence electrons. The van der Waals surface area contributed by atoms with Crippen molar-refractivity contribution < 1.29 is 14.6 Å². The van der Waals surface area contributed by atoms with Crippen LogP contribution in [-0.4, -0.2) is 35.4 Å². The van der Waals surface area contributed by atoms with Gasteiger partial charge in [-0.05, 0) is 18.2 Å². The number of benzene rings is 2. The van der Waals surface area contributed by atoms with Crippen LogP contribution in [0.5, 0.6) is 0 Å². The Balaban J connectivity index is 1.31. The second kappa shape index (κ2) is 8.04. The molecule has 1 fully saturated rings. The molecule has 0 spiro atoms. The third-order valence-corrected chi connectivity index (χ3v) is 6.30. The number of hydrogen-bond acceptors (Lipinski definition) is 5. The molecule has 1 aliphatic rings. The molecule has 7 nitrogen and oxygen atoms in total. The molecule has 2 aromatic carbocycles. The lowest BCUT2D eigenvalue weighted by Crippen LogP contribution is -3.14. The molecular formula is C20H21N4O3S+. The van der Waals surface area contributed by atoms with Gasteiger partial charge in [-0.15, -0.1) is 11.3 Å². The van der Waals surface area contributed by atoms with Crippen LogP contribution >= 0.6 is 11.3 Å². The molecule has 0 unspecified atom stereocenters. The number of amides is 1. The third-order valence-electron chi connectivity index (χ3n) is 5.10. The maximum absolute atomic E-state index is 12.3. The van der Waals surface area contributed by atoms with Gasteiger partial charge in [0.15, 0.2) is 6.54 Å². The normalized spacial score (nSPS) is 19.4. The number of nitrogens with one attached hydrogen (secondary N) is 2. The predicted octanol–water partition coefficient (Wildman–Crippen LogP) is 2.61. The number of carbonyl (C=O) groups excluding carboxylic acids is 1. The van der Waals surface area contributed by atoms with Crippen LogP contribution in [0.2, 0.25) is 0 Å². The quantitative estimate of drug-likeness (QED) is 0.512. The number of rotatable bonds is 5. The van der Waals surface area contributed by atoms with Crippen LogP contribution in [0.3, 0.4) is 0 Å². The molecule has 28 heavy (non-hydrogen) atoms. The zero-order valence-electron chi connectivity index (χ0n) is 15.3. The van der Waals surface area contributed by atoms with E-state index in [1.807, 2.05) is 18.2 Å². The van der Waals surface area contributed by atoms with E-state index < -0.39 is 4.92 Å². The first-order valence-electron chi connectivity index (χ1n) is 9.32. The Morgan fingerprint density at radius 2 is 2.00 bits per heavy atom. The maximum atomic E-state index is 12.3. The van der Waals surface area contributed by atoms with Crippen molar-refractivity contribution in [3.05, 3.63) is 63.7 Å². The minimum atomic E-state index is -0.465. The topological polar surface area (TPSA) is 89.6 Å². The average molecular weight is 397 g/mol. The number of para-hydroxylation sites is 1. The number of thiazole rings is 1. The number of piperidine rings is 1. The zero-order chi connectivity index (χ0) is 19.5. The van der Waals surface area contributed by atoms with Gasteiger partial charge in [-0.2, -0.15) is 0 Å². The van der Waals surface area contributed by atoms with Gasteiger partial charge in [-0.25, -0.2) is 4.98 Å². The number of nitro groups is 1. The molecule has 0 radical (unpaired) electrons. The van der Waals surface area contributed by atoms with Gasteiger partial charge in [-0.1, -0.05) is 18.2 Å². The average Bonchev–Trinajstić information content (AvgIpc) is 3.13. The summed E-state index contributed by atoms with van der Waals surface area (Å²) in [5.41, 5.74) is 1.50. The van der Waals surface area contributed by atoms with Crippen molar-refractivity contribution in [2.45, 2.75) is 18.8 Å². The van der Waals surface area contributed by atoms with E-state index in [0.717, 1.165) is 31.4 Å². The van der Waals surface area contributed by atoms with Crippen molar-refractivity contribution in [2.75, 3.05) is 25.0 Å². The first-order chi connectivity index (χ1) is 13.6. The van der Waals surface area contributed by atoms with Gasteiger partial charge in [0, 0.05) is 36.6 Å². The molecule has 2 N–H and O–H groups in total. The van der Waals surface area contributed by atoms with E-state index in [1.165, 1.54) is 26.7 Å². The van der Waals surface area contributed by atoms with E-state index in [9.17, 15) is 14.9 Å². The van der Waals surface area contributed by atoms with Crippen molar-refractivity contribution >= 4 is 38.8 Å². The highest BCUT2D eigenvalue weighted by atomic mass is 32.1. The second-order valence-electron chi connectivity index (χ2n) is 7.08. The molecule has 3 aromatic rings. The standard InChI is InChI=1S/C20H20N4O3S/c25-19(21-15-4-3-5-16(12-15)24(26)27)13-23-10-8-14(9-11-23)20-22-17-6-1-2-7-18(17)28-20/h1-7,12,14H,8-11,13H2,(H,21,25)/p+1. The number of likely N-dealkylation sites (tertiary alicyclic amines) is 1. The molecule has 0 saturated carbocycles. The van der Waals surface area contributed by atoms with Crippen molar-refractivity contribution in [2.24, 2.45) is 0 Å². The predicted molar refractivity (Wildman–Crippen MR) is 109 cm³/mol. The van der Waals surface area contributed by atoms with Gasteiger partial charge in [0.05, 0.1) is 33.2 Å². The van der Waals surface area contributed by atoms with E-state index in [-0.39, 0.29) is 11.6 Å². The lowest BCUT2D eigenvalue weighted by atomic mass is 9.97. The fourth-order valence-electron chi connectivity index (χ4n) is 3.64. The van der Waals surface area contributed by atoms with Crippen LogP contribution in [0.15, 0.2) is 48.5 Å². The maximum Gasteiger partial charge on any atom is 0.279 e. The number of hydrogen-bond donors (Lipinski definition) is 2. The summed E-state index contributed by atoms with van der Waals surface area (Å²) >= 11 is 1.77. The van der Waals surface area contributed by atoms with E-state index in [1.54, 1.807) is 23.5 Å². The summed E-state index contributed by atoms with van der Waals surface area (Å²) in [7, 11) is 0. The van der Waals surface area contributed by atoms with Crippen LogP contribution in [0.25, 0.3) is 10.2 Å². The molecule has 0 bridgehead atoms. The number of non-ortho nitro benzene ring substituents is 1. The summed E-state index contributed by atoms with van der Waals surface area (Å²) in [4.78, 5) is 28.7. The molecule has 1 amide bonds. The molecule has 4 rings (SSSR count). The Kier molecular flexibility index (Phi) is 5.31. The number of nitro benzene ring substituents is 1. The van der Waals surface area contributed by atoms with E-state index in [2.05, 4.69) is 11.4 Å². The van der Waals surface area contributed by atoms with Gasteiger partial charge >= 0.3 is 0 Å². The minimum absolute atomic E-state index is 0.0261. The SMILES string of the molecule is O=C(C[NH+]1CCC(c2nc3ccccc3s2)CC1)Nc1cccc([N+](=O)[O-])c1. The van der Waals surface area contributed by atoms with Crippen LogP contribution in [-0.2, 0) is 4.79 Å². The third kappa shape index (κ3) is 4.18. The first kappa shape index (κ1) is 18.5. The van der Waals surface area contributed by atoms with E-state index in [0.29, 0.717) is 18.2 Å². The highest BCUT2D eigenvalue weighted by molar-refractivity contribution is 7.18. The molecule has 2 heterocycles. The van der Waals surface area contributed by atoms with Gasteiger partial charge in [0.1, 0.15) is 0 Å². The van der Waals surface area contributed by atoms with Crippen molar-refractivity contribution in [1.82, 2.24) is 4.98 Å². The summed E-state index contributed by atoms with van der Waals surface area (Å²) in [6, 6.07) is 14.2. The summed E-state index contributed by atoms with van der Waals surface area (Å²) in [5.74, 6) is 0.343. The molecule has 1 aromatic heterocycles. The zero-order valence-corrected chi connectivity index (χ0v) is 16.1. The lowest BCUT2D eigenvalue weighted by Gasteiger charge is -2.27. The van der Waals surface area contributed by atoms with Crippen LogP contribution in [0.4, 0.5) is 11.4 Å². The van der Waals surface area contributed by atoms with Crippen LogP contribution in [0.1, 0.15) is 23.8 Å². The fraction of sp³-hybridized carbons (Fsp3) is 0.300.